The number of aromatic nitrogens is 2. The molecule has 21 heavy (non-hydrogen) atoms. The second kappa shape index (κ2) is 5.93. The van der Waals surface area contributed by atoms with Crippen LogP contribution in [0.3, 0.4) is 0 Å². The van der Waals surface area contributed by atoms with E-state index in [9.17, 15) is 9.18 Å². The van der Waals surface area contributed by atoms with Crippen molar-refractivity contribution in [1.82, 2.24) is 9.97 Å². The highest BCUT2D eigenvalue weighted by atomic mass is 32.1. The van der Waals surface area contributed by atoms with Crippen molar-refractivity contribution in [3.05, 3.63) is 70.6 Å². The first-order valence-electron chi connectivity index (χ1n) is 6.36. The van der Waals surface area contributed by atoms with Crippen LogP contribution in [0.1, 0.15) is 15.4 Å². The minimum Gasteiger partial charge on any atom is -0.294 e. The predicted octanol–water partition coefficient (Wildman–Crippen LogP) is 3.77. The minimum atomic E-state index is -0.509. The molecular weight excluding hydrogens is 287 g/mol. The zero-order valence-electron chi connectivity index (χ0n) is 11.0. The Hall–Kier alpha value is -2.40. The second-order valence-electron chi connectivity index (χ2n) is 4.48. The van der Waals surface area contributed by atoms with Gasteiger partial charge in [0, 0.05) is 22.7 Å². The van der Waals surface area contributed by atoms with Crippen LogP contribution in [0.4, 0.5) is 4.39 Å². The van der Waals surface area contributed by atoms with Gasteiger partial charge in [0.05, 0.1) is 18.3 Å². The molecule has 0 saturated carbocycles. The number of carbonyl (C=O) groups excluding carboxylic acids is 1. The summed E-state index contributed by atoms with van der Waals surface area (Å²) in [5, 5.41) is 2.63. The van der Waals surface area contributed by atoms with Crippen molar-refractivity contribution in [2.75, 3.05) is 0 Å². The summed E-state index contributed by atoms with van der Waals surface area (Å²) in [6, 6.07) is 11.0. The number of ketones is 1. The first-order valence-corrected chi connectivity index (χ1v) is 7.24. The third-order valence-electron chi connectivity index (χ3n) is 2.96. The van der Waals surface area contributed by atoms with Gasteiger partial charge in [-0.3, -0.25) is 9.78 Å². The van der Waals surface area contributed by atoms with Gasteiger partial charge in [-0.2, -0.15) is 0 Å². The molecule has 0 spiro atoms. The molecule has 0 atom stereocenters. The van der Waals surface area contributed by atoms with E-state index >= 15 is 0 Å². The molecule has 0 saturated heterocycles. The summed E-state index contributed by atoms with van der Waals surface area (Å²) >= 11 is 1.43. The van der Waals surface area contributed by atoms with Gasteiger partial charge in [0.25, 0.3) is 0 Å². The van der Waals surface area contributed by atoms with Gasteiger partial charge in [-0.25, -0.2) is 9.37 Å². The van der Waals surface area contributed by atoms with Crippen molar-refractivity contribution in [3.63, 3.8) is 0 Å². The molecule has 0 aliphatic heterocycles. The minimum absolute atomic E-state index is 0.155. The topological polar surface area (TPSA) is 42.9 Å². The molecule has 0 amide bonds. The Morgan fingerprint density at radius 2 is 2.00 bits per heavy atom. The molecule has 3 aromatic rings. The van der Waals surface area contributed by atoms with Crippen molar-refractivity contribution in [2.45, 2.75) is 6.42 Å². The molecule has 0 bridgehead atoms. The summed E-state index contributed by atoms with van der Waals surface area (Å²) in [6.45, 7) is 0. The smallest absolute Gasteiger partial charge is 0.171 e. The van der Waals surface area contributed by atoms with Crippen LogP contribution in [0.2, 0.25) is 0 Å². The first-order chi connectivity index (χ1) is 10.2. The van der Waals surface area contributed by atoms with Crippen molar-refractivity contribution < 1.29 is 9.18 Å². The summed E-state index contributed by atoms with van der Waals surface area (Å²) in [4.78, 5) is 20.2. The van der Waals surface area contributed by atoms with Crippen LogP contribution >= 0.6 is 11.3 Å². The van der Waals surface area contributed by atoms with Crippen molar-refractivity contribution in [3.8, 4) is 11.3 Å². The molecule has 5 heteroatoms. The number of benzene rings is 1. The molecule has 0 aliphatic carbocycles. The normalized spacial score (nSPS) is 10.5. The zero-order chi connectivity index (χ0) is 14.7. The Kier molecular flexibility index (Phi) is 3.83. The van der Waals surface area contributed by atoms with Gasteiger partial charge in [-0.05, 0) is 6.07 Å². The van der Waals surface area contributed by atoms with E-state index in [1.807, 2.05) is 35.7 Å². The third kappa shape index (κ3) is 3.20. The Labute approximate surface area is 125 Å². The first kappa shape index (κ1) is 13.6. The summed E-state index contributed by atoms with van der Waals surface area (Å²) in [5.41, 5.74) is 2.13. The highest BCUT2D eigenvalue weighted by Crippen LogP contribution is 2.22. The summed E-state index contributed by atoms with van der Waals surface area (Å²) in [7, 11) is 0. The molecule has 3 rings (SSSR count). The van der Waals surface area contributed by atoms with E-state index in [0.29, 0.717) is 5.01 Å². The van der Waals surface area contributed by atoms with Crippen LogP contribution in [0.15, 0.2) is 54.2 Å². The highest BCUT2D eigenvalue weighted by Gasteiger charge is 2.12. The largest absolute Gasteiger partial charge is 0.294 e. The quantitative estimate of drug-likeness (QED) is 0.689. The monoisotopic (exact) mass is 298 g/mol. The number of halogens is 1. The fraction of sp³-hybridized carbons (Fsp3) is 0.0625. The van der Waals surface area contributed by atoms with Gasteiger partial charge in [0.1, 0.15) is 10.8 Å². The maximum atomic E-state index is 13.1. The van der Waals surface area contributed by atoms with E-state index < -0.39 is 5.82 Å². The van der Waals surface area contributed by atoms with Gasteiger partial charge in [0.15, 0.2) is 5.78 Å². The number of nitrogens with zero attached hydrogens (tertiary/aromatic N) is 2. The molecule has 1 aromatic carbocycles. The maximum absolute atomic E-state index is 13.1. The van der Waals surface area contributed by atoms with Crippen LogP contribution in [0.5, 0.6) is 0 Å². The molecule has 3 nitrogen and oxygen atoms in total. The lowest BCUT2D eigenvalue weighted by molar-refractivity contribution is 0.0992. The molecule has 0 fully saturated rings. The van der Waals surface area contributed by atoms with Crippen LogP contribution in [0.25, 0.3) is 11.3 Å². The number of hydrogen-bond acceptors (Lipinski definition) is 4. The molecular formula is C16H11FN2OS. The molecule has 0 N–H and O–H groups in total. The summed E-state index contributed by atoms with van der Waals surface area (Å²) in [5.74, 6) is -0.694. The second-order valence-corrected chi connectivity index (χ2v) is 5.43. The predicted molar refractivity (Wildman–Crippen MR) is 79.8 cm³/mol. The molecule has 2 aromatic heterocycles. The third-order valence-corrected chi connectivity index (χ3v) is 3.81. The lowest BCUT2D eigenvalue weighted by Crippen LogP contribution is -2.04. The van der Waals surface area contributed by atoms with Crippen molar-refractivity contribution in [1.29, 1.82) is 0 Å². The van der Waals surface area contributed by atoms with Gasteiger partial charge >= 0.3 is 0 Å². The van der Waals surface area contributed by atoms with E-state index in [-0.39, 0.29) is 17.8 Å². The van der Waals surface area contributed by atoms with Gasteiger partial charge in [-0.15, -0.1) is 11.3 Å². The number of hydrogen-bond donors (Lipinski definition) is 0. The van der Waals surface area contributed by atoms with E-state index in [1.54, 1.807) is 0 Å². The number of thiazole rings is 1. The highest BCUT2D eigenvalue weighted by molar-refractivity contribution is 7.10. The van der Waals surface area contributed by atoms with Gasteiger partial charge in [-0.1, -0.05) is 30.3 Å². The molecule has 104 valence electrons. The fourth-order valence-corrected chi connectivity index (χ4v) is 2.74. The van der Waals surface area contributed by atoms with Crippen LogP contribution in [-0.2, 0) is 6.42 Å². The lowest BCUT2D eigenvalue weighted by atomic mass is 10.1. The Morgan fingerprint density at radius 3 is 2.76 bits per heavy atom. The Bertz CT molecular complexity index is 771. The Balaban J connectivity index is 1.77. The molecule has 0 aliphatic rings. The Morgan fingerprint density at radius 1 is 1.19 bits per heavy atom. The lowest BCUT2D eigenvalue weighted by Gasteiger charge is -1.98. The van der Waals surface area contributed by atoms with Gasteiger partial charge < -0.3 is 0 Å². The van der Waals surface area contributed by atoms with Gasteiger partial charge in [0.2, 0.25) is 0 Å². The maximum Gasteiger partial charge on any atom is 0.171 e. The number of carbonyl (C=O) groups is 1. The fourth-order valence-electron chi connectivity index (χ4n) is 1.94. The van der Waals surface area contributed by atoms with Crippen molar-refractivity contribution >= 4 is 17.1 Å². The van der Waals surface area contributed by atoms with Crippen molar-refractivity contribution in [2.24, 2.45) is 0 Å². The van der Waals surface area contributed by atoms with Crippen LogP contribution in [-0.4, -0.2) is 15.8 Å². The average molecular weight is 298 g/mol. The van der Waals surface area contributed by atoms with Crippen LogP contribution in [0, 0.1) is 5.82 Å². The molecule has 0 unspecified atom stereocenters. The van der Waals surface area contributed by atoms with E-state index in [1.165, 1.54) is 23.6 Å². The number of Topliss-reactive ketones (excluding diaryl/α,β-unsaturated/α-hetero) is 1. The zero-order valence-corrected chi connectivity index (χ0v) is 11.8. The van der Waals surface area contributed by atoms with E-state index in [4.69, 9.17) is 0 Å². The number of pyridine rings is 1. The standard InChI is InChI=1S/C16H11FN2OS/c17-13-6-12(8-18-9-13)15(20)7-16-19-14(10-21-16)11-4-2-1-3-5-11/h1-6,8-10H,7H2. The molecule has 2 heterocycles. The van der Waals surface area contributed by atoms with Crippen LogP contribution < -0.4 is 0 Å². The van der Waals surface area contributed by atoms with E-state index in [2.05, 4.69) is 9.97 Å². The molecule has 0 radical (unpaired) electrons. The summed E-state index contributed by atoms with van der Waals surface area (Å²) in [6.07, 6.45) is 2.60. The average Bonchev–Trinajstić information content (AvgIpc) is 2.97. The van der Waals surface area contributed by atoms with E-state index in [0.717, 1.165) is 17.5 Å². The number of rotatable bonds is 4. The SMILES string of the molecule is O=C(Cc1nc(-c2ccccc2)cs1)c1cncc(F)c1. The summed E-state index contributed by atoms with van der Waals surface area (Å²) < 4.78 is 13.1.